The molecule has 3 rings (SSSR count). The van der Waals surface area contributed by atoms with E-state index >= 15 is 0 Å². The van der Waals surface area contributed by atoms with Crippen LogP contribution in [0.3, 0.4) is 0 Å². The van der Waals surface area contributed by atoms with E-state index in [1.54, 1.807) is 36.4 Å². The molecule has 0 N–H and O–H groups in total. The summed E-state index contributed by atoms with van der Waals surface area (Å²) < 4.78 is 10.6. The number of allylic oxidation sites excluding steroid dienone is 2. The van der Waals surface area contributed by atoms with Gasteiger partial charge < -0.3 is 9.47 Å². The average molecular weight is 463 g/mol. The van der Waals surface area contributed by atoms with Gasteiger partial charge in [-0.1, -0.05) is 50.2 Å². The van der Waals surface area contributed by atoms with E-state index < -0.39 is 0 Å². The predicted molar refractivity (Wildman–Crippen MR) is 130 cm³/mol. The summed E-state index contributed by atoms with van der Waals surface area (Å²) in [4.78, 5) is 23.6. The highest BCUT2D eigenvalue weighted by Crippen LogP contribution is 2.31. The van der Waals surface area contributed by atoms with E-state index in [1.807, 2.05) is 38.1 Å². The molecule has 0 aliphatic carbocycles. The number of hydrogen-bond acceptors (Lipinski definition) is 7. The first-order valence-electron chi connectivity index (χ1n) is 10.9. The third kappa shape index (κ3) is 7.50. The molecule has 0 saturated heterocycles. The normalized spacial score (nSPS) is 11.2. The second-order valence-corrected chi connectivity index (χ2v) is 8.16. The van der Waals surface area contributed by atoms with Crippen LogP contribution < -0.4 is 9.47 Å². The summed E-state index contributed by atoms with van der Waals surface area (Å²) in [5.74, 6) is 0.176. The molecule has 0 bridgehead atoms. The molecule has 0 fully saturated rings. The number of carbonyl (C=O) groups excluding carboxylic acids is 2. The summed E-state index contributed by atoms with van der Waals surface area (Å²) in [6.07, 6.45) is 10.2. The first-order valence-corrected chi connectivity index (χ1v) is 11.7. The summed E-state index contributed by atoms with van der Waals surface area (Å²) in [5, 5.41) is 10.0. The predicted octanol–water partition coefficient (Wildman–Crippen LogP) is 6.40. The van der Waals surface area contributed by atoms with E-state index in [2.05, 4.69) is 10.2 Å². The van der Waals surface area contributed by atoms with E-state index in [9.17, 15) is 9.59 Å². The maximum absolute atomic E-state index is 11.8. The number of esters is 2. The Morgan fingerprint density at radius 3 is 1.48 bits per heavy atom. The van der Waals surface area contributed by atoms with Crippen LogP contribution in [0.4, 0.5) is 0 Å². The molecule has 0 amide bonds. The molecule has 3 aromatic rings. The molecule has 0 radical (unpaired) electrons. The molecule has 170 valence electrons. The summed E-state index contributed by atoms with van der Waals surface area (Å²) in [6.45, 7) is 4.10. The number of ether oxygens (including phenoxy) is 2. The van der Waals surface area contributed by atoms with Crippen molar-refractivity contribution in [2.24, 2.45) is 0 Å². The fourth-order valence-corrected chi connectivity index (χ4v) is 3.63. The molecule has 33 heavy (non-hydrogen) atoms. The molecule has 1 aromatic heterocycles. The van der Waals surface area contributed by atoms with Crippen molar-refractivity contribution in [1.82, 2.24) is 10.2 Å². The van der Waals surface area contributed by atoms with Gasteiger partial charge in [0.2, 0.25) is 0 Å². The summed E-state index contributed by atoms with van der Waals surface area (Å²) >= 11 is 1.45. The Morgan fingerprint density at radius 1 is 0.727 bits per heavy atom. The Kier molecular flexibility index (Phi) is 9.08. The molecule has 6 nitrogen and oxygen atoms in total. The molecule has 7 heteroatoms. The van der Waals surface area contributed by atoms with Gasteiger partial charge in [0.25, 0.3) is 0 Å². The van der Waals surface area contributed by atoms with Gasteiger partial charge in [-0.25, -0.2) is 9.59 Å². The monoisotopic (exact) mass is 462 g/mol. The standard InChI is InChI=1S/C26H26N2O4S/c1-3-5-7-9-23(29)31-21-15-11-19(12-16-21)25-27-28-26(33-25)20-13-17-22(18-14-20)32-24(30)10-8-6-4-2/h7-18H,3-6H2,1-2H3/b9-7+,10-8+. The molecular formula is C26H26N2O4S. The van der Waals surface area contributed by atoms with E-state index in [0.717, 1.165) is 46.8 Å². The van der Waals surface area contributed by atoms with Gasteiger partial charge in [-0.2, -0.15) is 0 Å². The van der Waals surface area contributed by atoms with Crippen molar-refractivity contribution in [2.75, 3.05) is 0 Å². The van der Waals surface area contributed by atoms with Crippen LogP contribution >= 0.6 is 11.3 Å². The van der Waals surface area contributed by atoms with Crippen molar-refractivity contribution < 1.29 is 19.1 Å². The van der Waals surface area contributed by atoms with Gasteiger partial charge in [-0.15, -0.1) is 10.2 Å². The van der Waals surface area contributed by atoms with Gasteiger partial charge in [0, 0.05) is 23.3 Å². The van der Waals surface area contributed by atoms with Crippen LogP contribution in [0, 0.1) is 0 Å². The second kappa shape index (κ2) is 12.5. The molecule has 0 saturated carbocycles. The molecule has 0 aliphatic rings. The lowest BCUT2D eigenvalue weighted by molar-refractivity contribution is -0.129. The second-order valence-electron chi connectivity index (χ2n) is 7.19. The van der Waals surface area contributed by atoms with Crippen LogP contribution in [0.1, 0.15) is 39.5 Å². The largest absolute Gasteiger partial charge is 0.423 e. The van der Waals surface area contributed by atoms with Crippen molar-refractivity contribution in [1.29, 1.82) is 0 Å². The van der Waals surface area contributed by atoms with Crippen LogP contribution in [0.25, 0.3) is 21.1 Å². The zero-order chi connectivity index (χ0) is 23.5. The Balaban J connectivity index is 1.61. The number of benzene rings is 2. The Morgan fingerprint density at radius 2 is 1.12 bits per heavy atom. The van der Waals surface area contributed by atoms with Crippen LogP contribution in [-0.2, 0) is 9.59 Å². The molecule has 0 aliphatic heterocycles. The van der Waals surface area contributed by atoms with Crippen molar-refractivity contribution in [3.05, 3.63) is 72.8 Å². The minimum atomic E-state index is -0.388. The number of aromatic nitrogens is 2. The fourth-order valence-electron chi connectivity index (χ4n) is 2.78. The number of hydrogen-bond donors (Lipinski definition) is 0. The zero-order valence-corrected chi connectivity index (χ0v) is 19.5. The van der Waals surface area contributed by atoms with Crippen LogP contribution in [-0.4, -0.2) is 22.1 Å². The van der Waals surface area contributed by atoms with Gasteiger partial charge in [-0.05, 0) is 61.4 Å². The van der Waals surface area contributed by atoms with Crippen molar-refractivity contribution in [3.8, 4) is 32.6 Å². The third-order valence-corrected chi connectivity index (χ3v) is 5.50. The van der Waals surface area contributed by atoms with Crippen LogP contribution in [0.5, 0.6) is 11.5 Å². The summed E-state index contributed by atoms with van der Waals surface area (Å²) in [5.41, 5.74) is 1.76. The average Bonchev–Trinajstić information content (AvgIpc) is 3.31. The van der Waals surface area contributed by atoms with Gasteiger partial charge in [0.15, 0.2) is 0 Å². The quantitative estimate of drug-likeness (QED) is 0.197. The first kappa shape index (κ1) is 24.1. The van der Waals surface area contributed by atoms with Crippen LogP contribution in [0.2, 0.25) is 0 Å². The smallest absolute Gasteiger partial charge is 0.335 e. The number of unbranched alkanes of at least 4 members (excludes halogenated alkanes) is 2. The molecular weight excluding hydrogens is 436 g/mol. The van der Waals surface area contributed by atoms with E-state index in [0.29, 0.717) is 11.5 Å². The molecule has 1 heterocycles. The van der Waals surface area contributed by atoms with Gasteiger partial charge in [-0.3, -0.25) is 0 Å². The van der Waals surface area contributed by atoms with Gasteiger partial charge in [0.05, 0.1) is 0 Å². The topological polar surface area (TPSA) is 78.4 Å². The lowest BCUT2D eigenvalue weighted by atomic mass is 10.2. The minimum Gasteiger partial charge on any atom is -0.423 e. The maximum Gasteiger partial charge on any atom is 0.335 e. The maximum atomic E-state index is 11.8. The van der Waals surface area contributed by atoms with Gasteiger partial charge in [0.1, 0.15) is 21.5 Å². The summed E-state index contributed by atoms with van der Waals surface area (Å²) in [6, 6.07) is 14.3. The zero-order valence-electron chi connectivity index (χ0n) is 18.7. The SMILES string of the molecule is CCC/C=C/C(=O)Oc1ccc(-c2nnc(-c3ccc(OC(=O)/C=C/CCC)cc3)s2)cc1. The third-order valence-electron chi connectivity index (χ3n) is 4.48. The molecule has 0 atom stereocenters. The Labute approximate surface area is 197 Å². The summed E-state index contributed by atoms with van der Waals surface area (Å²) in [7, 11) is 0. The van der Waals surface area contributed by atoms with E-state index in [1.165, 1.54) is 23.5 Å². The highest BCUT2D eigenvalue weighted by molar-refractivity contribution is 7.17. The Hall–Kier alpha value is -3.58. The lowest BCUT2D eigenvalue weighted by Crippen LogP contribution is -2.03. The van der Waals surface area contributed by atoms with Crippen LogP contribution in [0.15, 0.2) is 72.8 Å². The number of nitrogens with zero attached hydrogens (tertiary/aromatic N) is 2. The van der Waals surface area contributed by atoms with Crippen molar-refractivity contribution in [2.45, 2.75) is 39.5 Å². The van der Waals surface area contributed by atoms with Crippen molar-refractivity contribution in [3.63, 3.8) is 0 Å². The van der Waals surface area contributed by atoms with E-state index in [-0.39, 0.29) is 11.9 Å². The highest BCUT2D eigenvalue weighted by Gasteiger charge is 2.10. The van der Waals surface area contributed by atoms with E-state index in [4.69, 9.17) is 9.47 Å². The Bertz CT molecular complexity index is 1030. The highest BCUT2D eigenvalue weighted by atomic mass is 32.1. The lowest BCUT2D eigenvalue weighted by Gasteiger charge is -2.02. The number of rotatable bonds is 10. The fraction of sp³-hybridized carbons (Fsp3) is 0.231. The first-order chi connectivity index (χ1) is 16.1. The van der Waals surface area contributed by atoms with Gasteiger partial charge >= 0.3 is 11.9 Å². The number of carbonyl (C=O) groups is 2. The molecule has 0 unspecified atom stereocenters. The molecule has 2 aromatic carbocycles. The minimum absolute atomic E-state index is 0.388. The van der Waals surface area contributed by atoms with Crippen molar-refractivity contribution >= 4 is 23.3 Å². The molecule has 0 spiro atoms.